The third-order valence-electron chi connectivity index (χ3n) is 4.04. The number of rotatable bonds is 3. The van der Waals surface area contributed by atoms with E-state index in [2.05, 4.69) is 19.9 Å². The van der Waals surface area contributed by atoms with Gasteiger partial charge in [-0.1, -0.05) is 0 Å². The molecular weight excluding hydrogens is 349 g/mol. The molecule has 6 nitrogen and oxygen atoms in total. The fraction of sp³-hybridized carbons (Fsp3) is 0.118. The van der Waals surface area contributed by atoms with Crippen LogP contribution in [-0.4, -0.2) is 26.7 Å². The summed E-state index contributed by atoms with van der Waals surface area (Å²) < 4.78 is 40.8. The molecule has 1 atom stereocenters. The van der Waals surface area contributed by atoms with Crippen molar-refractivity contribution in [3.05, 3.63) is 71.9 Å². The van der Waals surface area contributed by atoms with E-state index in [-0.39, 0.29) is 5.75 Å². The summed E-state index contributed by atoms with van der Waals surface area (Å²) in [6.07, 6.45) is 1.05. The van der Waals surface area contributed by atoms with Gasteiger partial charge in [0, 0.05) is 41.0 Å². The molecule has 0 aliphatic carbocycles. The molecule has 0 spiro atoms. The van der Waals surface area contributed by atoms with E-state index in [1.54, 1.807) is 29.7 Å². The Labute approximate surface area is 145 Å². The normalized spacial score (nSPS) is 17.0. The number of anilines is 1. The Balaban J connectivity index is 1.71. The number of nitrogens with zero attached hydrogens (tertiary/aromatic N) is 2. The molecule has 3 heterocycles. The van der Waals surface area contributed by atoms with Gasteiger partial charge in [-0.25, -0.2) is 0 Å². The Morgan fingerprint density at radius 1 is 1.15 bits per heavy atom. The molecule has 2 aromatic heterocycles. The van der Waals surface area contributed by atoms with Crippen molar-refractivity contribution in [3.63, 3.8) is 0 Å². The number of H-pyrrole nitrogens is 2. The molecule has 0 saturated heterocycles. The van der Waals surface area contributed by atoms with Crippen molar-refractivity contribution in [2.24, 2.45) is 0 Å². The number of hydrogen-bond acceptors (Lipinski definition) is 4. The SMILES string of the molecule is OC1c2[nH]ccc2C(c2cn[nH]c2)=CN1c1ccc(OC(F)(F)F)cc1. The van der Waals surface area contributed by atoms with E-state index in [9.17, 15) is 18.3 Å². The van der Waals surface area contributed by atoms with Gasteiger partial charge in [0.1, 0.15) is 5.75 Å². The summed E-state index contributed by atoms with van der Waals surface area (Å²) in [5.74, 6) is -0.327. The van der Waals surface area contributed by atoms with Crippen LogP contribution in [0.1, 0.15) is 23.0 Å². The third-order valence-corrected chi connectivity index (χ3v) is 4.04. The highest BCUT2D eigenvalue weighted by Gasteiger charge is 2.32. The second-order valence-electron chi connectivity index (χ2n) is 5.66. The predicted molar refractivity (Wildman–Crippen MR) is 87.0 cm³/mol. The Morgan fingerprint density at radius 3 is 2.58 bits per heavy atom. The van der Waals surface area contributed by atoms with Crippen molar-refractivity contribution in [1.82, 2.24) is 15.2 Å². The van der Waals surface area contributed by atoms with Gasteiger partial charge < -0.3 is 19.7 Å². The molecule has 3 aromatic rings. The number of hydrogen-bond donors (Lipinski definition) is 3. The number of halogens is 3. The van der Waals surface area contributed by atoms with Gasteiger partial charge in [-0.2, -0.15) is 5.10 Å². The highest BCUT2D eigenvalue weighted by Crippen LogP contribution is 2.39. The van der Waals surface area contributed by atoms with Crippen LogP contribution in [-0.2, 0) is 0 Å². The van der Waals surface area contributed by atoms with Crippen molar-refractivity contribution in [2.75, 3.05) is 4.90 Å². The van der Waals surface area contributed by atoms with Gasteiger partial charge >= 0.3 is 6.36 Å². The van der Waals surface area contributed by atoms with E-state index >= 15 is 0 Å². The van der Waals surface area contributed by atoms with Crippen LogP contribution in [0.15, 0.2) is 55.1 Å². The maximum Gasteiger partial charge on any atom is 0.573 e. The summed E-state index contributed by atoms with van der Waals surface area (Å²) in [5.41, 5.74) is 3.55. The van der Waals surface area contributed by atoms with Gasteiger partial charge in [0.25, 0.3) is 0 Å². The topological polar surface area (TPSA) is 77.2 Å². The largest absolute Gasteiger partial charge is 0.573 e. The Hall–Kier alpha value is -3.20. The fourth-order valence-electron chi connectivity index (χ4n) is 2.91. The first kappa shape index (κ1) is 16.3. The van der Waals surface area contributed by atoms with Crippen molar-refractivity contribution in [2.45, 2.75) is 12.6 Å². The molecular formula is C17H13F3N4O2. The summed E-state index contributed by atoms with van der Waals surface area (Å²) in [6.45, 7) is 0. The number of aliphatic hydroxyl groups excluding tert-OH is 1. The molecule has 9 heteroatoms. The number of ether oxygens (including phenoxy) is 1. The first-order valence-electron chi connectivity index (χ1n) is 7.63. The van der Waals surface area contributed by atoms with Crippen LogP contribution in [0.4, 0.5) is 18.9 Å². The van der Waals surface area contributed by atoms with Gasteiger partial charge in [0.05, 0.1) is 11.9 Å². The lowest BCUT2D eigenvalue weighted by Crippen LogP contribution is -2.27. The summed E-state index contributed by atoms with van der Waals surface area (Å²) in [4.78, 5) is 4.56. The molecule has 0 bridgehead atoms. The lowest BCUT2D eigenvalue weighted by Gasteiger charge is -2.32. The maximum atomic E-state index is 12.3. The zero-order valence-electron chi connectivity index (χ0n) is 13.2. The first-order valence-corrected chi connectivity index (χ1v) is 7.63. The Morgan fingerprint density at radius 2 is 1.92 bits per heavy atom. The van der Waals surface area contributed by atoms with Crippen molar-refractivity contribution in [3.8, 4) is 5.75 Å². The quantitative estimate of drug-likeness (QED) is 0.666. The van der Waals surface area contributed by atoms with E-state index in [1.165, 1.54) is 24.3 Å². The first-order chi connectivity index (χ1) is 12.4. The average molecular weight is 362 g/mol. The van der Waals surface area contributed by atoms with Crippen LogP contribution in [0.25, 0.3) is 5.57 Å². The zero-order valence-corrected chi connectivity index (χ0v) is 13.2. The molecule has 1 aromatic carbocycles. The lowest BCUT2D eigenvalue weighted by molar-refractivity contribution is -0.274. The van der Waals surface area contributed by atoms with Gasteiger partial charge in [-0.05, 0) is 30.3 Å². The maximum absolute atomic E-state index is 12.3. The van der Waals surface area contributed by atoms with E-state index in [1.807, 2.05) is 6.07 Å². The summed E-state index contributed by atoms with van der Waals surface area (Å²) in [7, 11) is 0. The smallest absolute Gasteiger partial charge is 0.406 e. The van der Waals surface area contributed by atoms with Crippen molar-refractivity contribution >= 4 is 11.3 Å². The molecule has 0 radical (unpaired) electrons. The number of aromatic amines is 2. The van der Waals surface area contributed by atoms with Crippen LogP contribution in [0.5, 0.6) is 5.75 Å². The number of alkyl halides is 3. The fourth-order valence-corrected chi connectivity index (χ4v) is 2.91. The van der Waals surface area contributed by atoms with Crippen LogP contribution in [0.3, 0.4) is 0 Å². The lowest BCUT2D eigenvalue weighted by atomic mass is 9.97. The second kappa shape index (κ2) is 5.95. The third kappa shape index (κ3) is 2.92. The number of aromatic nitrogens is 3. The minimum absolute atomic E-state index is 0.327. The van der Waals surface area contributed by atoms with Crippen LogP contribution >= 0.6 is 0 Å². The number of fused-ring (bicyclic) bond motifs is 1. The molecule has 0 saturated carbocycles. The highest BCUT2D eigenvalue weighted by atomic mass is 19.4. The predicted octanol–water partition coefficient (Wildman–Crippen LogP) is 3.54. The average Bonchev–Trinajstić information content (AvgIpc) is 3.27. The van der Waals surface area contributed by atoms with Crippen LogP contribution < -0.4 is 9.64 Å². The molecule has 1 aliphatic rings. The molecule has 1 unspecified atom stereocenters. The van der Waals surface area contributed by atoms with Gasteiger partial charge in [0.2, 0.25) is 0 Å². The molecule has 1 aliphatic heterocycles. The van der Waals surface area contributed by atoms with Gasteiger partial charge in [-0.3, -0.25) is 5.10 Å². The van der Waals surface area contributed by atoms with E-state index in [0.717, 1.165) is 16.7 Å². The number of benzene rings is 1. The van der Waals surface area contributed by atoms with Crippen molar-refractivity contribution < 1.29 is 23.0 Å². The van der Waals surface area contributed by atoms with E-state index in [4.69, 9.17) is 0 Å². The van der Waals surface area contributed by atoms with E-state index in [0.29, 0.717) is 11.4 Å². The standard InChI is InChI=1S/C17H13F3N4O2/c18-17(19,20)26-12-3-1-11(2-4-12)24-9-14(10-7-22-23-8-10)13-5-6-21-15(13)16(24)25/h1-9,16,21,25H,(H,22,23). The van der Waals surface area contributed by atoms with E-state index < -0.39 is 12.6 Å². The summed E-state index contributed by atoms with van der Waals surface area (Å²) in [5, 5.41) is 17.3. The molecule has 4 rings (SSSR count). The summed E-state index contributed by atoms with van der Waals surface area (Å²) >= 11 is 0. The Bertz CT molecular complexity index is 930. The zero-order chi connectivity index (χ0) is 18.3. The molecule has 0 fully saturated rings. The monoisotopic (exact) mass is 362 g/mol. The number of aliphatic hydroxyl groups is 1. The molecule has 3 N–H and O–H groups in total. The molecule has 0 amide bonds. The van der Waals surface area contributed by atoms with Crippen molar-refractivity contribution in [1.29, 1.82) is 0 Å². The van der Waals surface area contributed by atoms with Crippen LogP contribution in [0, 0.1) is 0 Å². The minimum Gasteiger partial charge on any atom is -0.406 e. The second-order valence-corrected chi connectivity index (χ2v) is 5.66. The summed E-state index contributed by atoms with van der Waals surface area (Å²) in [6, 6.07) is 7.13. The molecule has 134 valence electrons. The Kier molecular flexibility index (Phi) is 3.73. The van der Waals surface area contributed by atoms with Gasteiger partial charge in [-0.15, -0.1) is 13.2 Å². The van der Waals surface area contributed by atoms with Gasteiger partial charge in [0.15, 0.2) is 6.23 Å². The highest BCUT2D eigenvalue weighted by molar-refractivity contribution is 5.84. The van der Waals surface area contributed by atoms with Crippen LogP contribution in [0.2, 0.25) is 0 Å². The number of nitrogens with one attached hydrogen (secondary N) is 2. The molecule has 26 heavy (non-hydrogen) atoms. The minimum atomic E-state index is -4.75.